The zero-order chi connectivity index (χ0) is 10.6. The summed E-state index contributed by atoms with van der Waals surface area (Å²) in [6, 6.07) is 6.29. The van der Waals surface area contributed by atoms with Crippen molar-refractivity contribution in [2.45, 2.75) is 20.8 Å². The predicted molar refractivity (Wildman–Crippen MR) is 66.8 cm³/mol. The Morgan fingerprint density at radius 1 is 1.43 bits per heavy atom. The molecule has 1 rings (SSSR count). The smallest absolute Gasteiger partial charge is 0.0346 e. The van der Waals surface area contributed by atoms with Gasteiger partial charge in [0.25, 0.3) is 0 Å². The van der Waals surface area contributed by atoms with Gasteiger partial charge in [-0.25, -0.2) is 0 Å². The summed E-state index contributed by atoms with van der Waals surface area (Å²) in [6.45, 7) is 7.20. The molecule has 0 fully saturated rings. The van der Waals surface area contributed by atoms with Gasteiger partial charge in [0.2, 0.25) is 0 Å². The zero-order valence-electron chi connectivity index (χ0n) is 8.89. The number of halogens is 1. The van der Waals surface area contributed by atoms with Gasteiger partial charge in [0, 0.05) is 16.7 Å². The number of rotatable bonds is 3. The highest BCUT2D eigenvalue weighted by Gasteiger charge is 1.95. The lowest BCUT2D eigenvalue weighted by molar-refractivity contribution is 1.26. The summed E-state index contributed by atoms with van der Waals surface area (Å²) >= 11 is 3.48. The first-order chi connectivity index (χ1) is 6.59. The van der Waals surface area contributed by atoms with E-state index in [1.807, 2.05) is 0 Å². The quantitative estimate of drug-likeness (QED) is 0.799. The van der Waals surface area contributed by atoms with E-state index in [2.05, 4.69) is 66.3 Å². The average Bonchev–Trinajstić information content (AvgIpc) is 2.10. The zero-order valence-corrected chi connectivity index (χ0v) is 10.5. The van der Waals surface area contributed by atoms with Gasteiger partial charge in [0.05, 0.1) is 0 Å². The van der Waals surface area contributed by atoms with Crippen LogP contribution in [0.15, 0.2) is 34.3 Å². The number of allylic oxidation sites excluding steroid dienone is 1. The molecule has 0 aliphatic rings. The Morgan fingerprint density at radius 3 is 2.71 bits per heavy atom. The predicted octanol–water partition coefficient (Wildman–Crippen LogP) is 4.14. The van der Waals surface area contributed by atoms with Crippen molar-refractivity contribution in [2.24, 2.45) is 0 Å². The van der Waals surface area contributed by atoms with Crippen LogP contribution in [-0.2, 0) is 0 Å². The summed E-state index contributed by atoms with van der Waals surface area (Å²) in [6.07, 6.45) is 2.18. The fourth-order valence-electron chi connectivity index (χ4n) is 1.13. The largest absolute Gasteiger partial charge is 0.382 e. The third-order valence-electron chi connectivity index (χ3n) is 1.97. The average molecular weight is 254 g/mol. The van der Waals surface area contributed by atoms with Crippen molar-refractivity contribution < 1.29 is 0 Å². The van der Waals surface area contributed by atoms with Gasteiger partial charge in [-0.15, -0.1) is 0 Å². The second-order valence-electron chi connectivity index (χ2n) is 3.63. The number of hydrogen-bond acceptors (Lipinski definition) is 1. The van der Waals surface area contributed by atoms with Crippen LogP contribution in [0.1, 0.15) is 19.4 Å². The Morgan fingerprint density at radius 2 is 2.14 bits per heavy atom. The molecule has 1 aromatic rings. The second kappa shape index (κ2) is 5.20. The van der Waals surface area contributed by atoms with E-state index in [1.165, 1.54) is 16.8 Å². The van der Waals surface area contributed by atoms with E-state index in [9.17, 15) is 0 Å². The summed E-state index contributed by atoms with van der Waals surface area (Å²) in [5.41, 5.74) is 3.77. The highest BCUT2D eigenvalue weighted by atomic mass is 79.9. The number of hydrogen-bond donors (Lipinski definition) is 1. The summed E-state index contributed by atoms with van der Waals surface area (Å²) < 4.78 is 1.16. The molecule has 1 nitrogen and oxygen atoms in total. The molecule has 76 valence electrons. The minimum atomic E-state index is 0.892. The van der Waals surface area contributed by atoms with Gasteiger partial charge in [-0.1, -0.05) is 27.6 Å². The fourth-order valence-corrected chi connectivity index (χ4v) is 1.37. The van der Waals surface area contributed by atoms with E-state index in [0.717, 1.165) is 11.0 Å². The molecule has 0 aliphatic heterocycles. The Kier molecular flexibility index (Phi) is 4.21. The maximum absolute atomic E-state index is 3.48. The first kappa shape index (κ1) is 11.3. The second-order valence-corrected chi connectivity index (χ2v) is 4.48. The standard InChI is InChI=1S/C12H16BrN/c1-9(2)6-7-14-11-4-5-12(13)10(3)8-11/h4-6,8,14H,7H2,1-3H3. The Hall–Kier alpha value is -0.760. The SMILES string of the molecule is CC(C)=CCNc1ccc(Br)c(C)c1. The lowest BCUT2D eigenvalue weighted by Gasteiger charge is -2.05. The Labute approximate surface area is 94.3 Å². The number of nitrogens with one attached hydrogen (secondary N) is 1. The van der Waals surface area contributed by atoms with E-state index in [-0.39, 0.29) is 0 Å². The first-order valence-corrected chi connectivity index (χ1v) is 5.52. The van der Waals surface area contributed by atoms with Crippen LogP contribution in [0.25, 0.3) is 0 Å². The molecular weight excluding hydrogens is 238 g/mol. The van der Waals surface area contributed by atoms with Crippen molar-refractivity contribution in [1.82, 2.24) is 0 Å². The van der Waals surface area contributed by atoms with Gasteiger partial charge in [-0.2, -0.15) is 0 Å². The van der Waals surface area contributed by atoms with Crippen molar-refractivity contribution in [2.75, 3.05) is 11.9 Å². The Bertz CT molecular complexity index is 338. The molecule has 0 unspecified atom stereocenters. The molecule has 1 aromatic carbocycles. The van der Waals surface area contributed by atoms with Gasteiger partial charge in [-0.05, 0) is 44.5 Å². The van der Waals surface area contributed by atoms with Crippen molar-refractivity contribution >= 4 is 21.6 Å². The molecule has 14 heavy (non-hydrogen) atoms. The van der Waals surface area contributed by atoms with Crippen LogP contribution in [0.2, 0.25) is 0 Å². The molecule has 0 radical (unpaired) electrons. The first-order valence-electron chi connectivity index (χ1n) is 4.73. The molecule has 0 saturated carbocycles. The van der Waals surface area contributed by atoms with E-state index >= 15 is 0 Å². The molecular formula is C12H16BrN. The molecule has 0 bridgehead atoms. The maximum Gasteiger partial charge on any atom is 0.0346 e. The van der Waals surface area contributed by atoms with Crippen LogP contribution >= 0.6 is 15.9 Å². The van der Waals surface area contributed by atoms with Gasteiger partial charge < -0.3 is 5.32 Å². The number of aryl methyl sites for hydroxylation is 1. The monoisotopic (exact) mass is 253 g/mol. The van der Waals surface area contributed by atoms with Crippen LogP contribution in [0.5, 0.6) is 0 Å². The topological polar surface area (TPSA) is 12.0 Å². The molecule has 2 heteroatoms. The lowest BCUT2D eigenvalue weighted by atomic mass is 10.2. The van der Waals surface area contributed by atoms with E-state index < -0.39 is 0 Å². The van der Waals surface area contributed by atoms with Crippen molar-refractivity contribution in [3.8, 4) is 0 Å². The van der Waals surface area contributed by atoms with Crippen LogP contribution in [0, 0.1) is 6.92 Å². The highest BCUT2D eigenvalue weighted by Crippen LogP contribution is 2.19. The molecule has 0 aromatic heterocycles. The highest BCUT2D eigenvalue weighted by molar-refractivity contribution is 9.10. The summed E-state index contributed by atoms with van der Waals surface area (Å²) in [4.78, 5) is 0. The van der Waals surface area contributed by atoms with Crippen molar-refractivity contribution in [1.29, 1.82) is 0 Å². The fraction of sp³-hybridized carbons (Fsp3) is 0.333. The minimum absolute atomic E-state index is 0.892. The van der Waals surface area contributed by atoms with E-state index in [0.29, 0.717) is 0 Å². The maximum atomic E-state index is 3.48. The third-order valence-corrected chi connectivity index (χ3v) is 2.86. The van der Waals surface area contributed by atoms with Crippen LogP contribution in [0.4, 0.5) is 5.69 Å². The van der Waals surface area contributed by atoms with Crippen LogP contribution in [0.3, 0.4) is 0 Å². The molecule has 0 aliphatic carbocycles. The Balaban J connectivity index is 2.60. The normalized spacial score (nSPS) is 9.71. The molecule has 0 saturated heterocycles. The minimum Gasteiger partial charge on any atom is -0.382 e. The van der Waals surface area contributed by atoms with Gasteiger partial charge in [0.1, 0.15) is 0 Å². The molecule has 1 N–H and O–H groups in total. The lowest BCUT2D eigenvalue weighted by Crippen LogP contribution is -1.98. The molecule has 0 amide bonds. The van der Waals surface area contributed by atoms with Crippen LogP contribution < -0.4 is 5.32 Å². The molecule has 0 spiro atoms. The summed E-state index contributed by atoms with van der Waals surface area (Å²) in [5.74, 6) is 0. The summed E-state index contributed by atoms with van der Waals surface area (Å²) in [5, 5.41) is 3.35. The van der Waals surface area contributed by atoms with Gasteiger partial charge in [-0.3, -0.25) is 0 Å². The summed E-state index contributed by atoms with van der Waals surface area (Å²) in [7, 11) is 0. The van der Waals surface area contributed by atoms with E-state index in [1.54, 1.807) is 0 Å². The van der Waals surface area contributed by atoms with E-state index in [4.69, 9.17) is 0 Å². The molecule has 0 heterocycles. The third kappa shape index (κ3) is 3.54. The van der Waals surface area contributed by atoms with Gasteiger partial charge >= 0.3 is 0 Å². The van der Waals surface area contributed by atoms with Crippen LogP contribution in [-0.4, -0.2) is 6.54 Å². The number of benzene rings is 1. The van der Waals surface area contributed by atoms with Crippen molar-refractivity contribution in [3.63, 3.8) is 0 Å². The van der Waals surface area contributed by atoms with Crippen molar-refractivity contribution in [3.05, 3.63) is 39.9 Å². The molecule has 0 atom stereocenters. The van der Waals surface area contributed by atoms with Gasteiger partial charge in [0.15, 0.2) is 0 Å². The number of anilines is 1.